The molecule has 1 amide bonds. The van der Waals surface area contributed by atoms with Crippen molar-refractivity contribution in [2.45, 2.75) is 36.4 Å². The van der Waals surface area contributed by atoms with E-state index in [1.165, 1.54) is 37.1 Å². The van der Waals surface area contributed by atoms with Crippen LogP contribution in [0, 0.1) is 0 Å². The monoisotopic (exact) mass is 430 g/mol. The number of carbonyl (C=O) groups is 1. The average molecular weight is 431 g/mol. The first-order valence-corrected chi connectivity index (χ1v) is 11.6. The number of nitrogens with one attached hydrogen (secondary N) is 1. The van der Waals surface area contributed by atoms with Crippen molar-refractivity contribution in [1.29, 1.82) is 0 Å². The van der Waals surface area contributed by atoms with Gasteiger partial charge in [0, 0.05) is 11.3 Å². The fourth-order valence-electron chi connectivity index (χ4n) is 2.28. The van der Waals surface area contributed by atoms with Gasteiger partial charge < -0.3 is 4.74 Å². The first kappa shape index (κ1) is 21.5. The van der Waals surface area contributed by atoms with Crippen LogP contribution in [0.3, 0.4) is 0 Å². The molecule has 0 aliphatic carbocycles. The van der Waals surface area contributed by atoms with Gasteiger partial charge >= 0.3 is 0 Å². The minimum absolute atomic E-state index is 0.328. The molecule has 2 rings (SSSR count). The van der Waals surface area contributed by atoms with Gasteiger partial charge in [0.2, 0.25) is 21.1 Å². The van der Waals surface area contributed by atoms with Crippen molar-refractivity contribution in [2.75, 3.05) is 23.0 Å². The van der Waals surface area contributed by atoms with Crippen LogP contribution in [0.2, 0.25) is 0 Å². The summed E-state index contributed by atoms with van der Waals surface area (Å²) >= 11 is 2.79. The Labute approximate surface area is 167 Å². The second-order valence-corrected chi connectivity index (χ2v) is 10.6. The van der Waals surface area contributed by atoms with Crippen molar-refractivity contribution >= 4 is 49.8 Å². The third kappa shape index (κ3) is 5.81. The van der Waals surface area contributed by atoms with Crippen LogP contribution < -0.4 is 14.4 Å². The van der Waals surface area contributed by atoms with Gasteiger partial charge in [-0.2, -0.15) is 0 Å². The lowest BCUT2D eigenvalue weighted by atomic mass is 10.2. The lowest BCUT2D eigenvalue weighted by Gasteiger charge is -2.28. The molecule has 148 valence electrons. The fourth-order valence-corrected chi connectivity index (χ4v) is 5.42. The molecule has 0 radical (unpaired) electrons. The molecular weight excluding hydrogens is 408 g/mol. The predicted octanol–water partition coefficient (Wildman–Crippen LogP) is 2.84. The minimum Gasteiger partial charge on any atom is -0.497 e. The predicted molar refractivity (Wildman–Crippen MR) is 109 cm³/mol. The third-order valence-corrected chi connectivity index (χ3v) is 6.54. The number of sulfonamides is 1. The van der Waals surface area contributed by atoms with Gasteiger partial charge in [0.15, 0.2) is 4.34 Å². The summed E-state index contributed by atoms with van der Waals surface area (Å²) in [7, 11) is -2.22. The summed E-state index contributed by atoms with van der Waals surface area (Å²) in [4.78, 5) is 12.6. The zero-order chi connectivity index (χ0) is 20.2. The third-order valence-electron chi connectivity index (χ3n) is 3.37. The number of hydrogen-bond acceptors (Lipinski definition) is 8. The second kappa shape index (κ2) is 8.89. The largest absolute Gasteiger partial charge is 0.497 e. The van der Waals surface area contributed by atoms with Crippen molar-refractivity contribution in [1.82, 2.24) is 10.2 Å². The number of thioether (sulfide) groups is 1. The molecule has 0 saturated carbocycles. The highest BCUT2D eigenvalue weighted by atomic mass is 32.2. The summed E-state index contributed by atoms with van der Waals surface area (Å²) in [5.41, 5.74) is 0.341. The van der Waals surface area contributed by atoms with Gasteiger partial charge in [0.25, 0.3) is 0 Å². The summed E-state index contributed by atoms with van der Waals surface area (Å²) in [5, 5.41) is 11.3. The molecule has 2 aromatic rings. The van der Waals surface area contributed by atoms with Crippen molar-refractivity contribution in [3.05, 3.63) is 24.3 Å². The van der Waals surface area contributed by atoms with E-state index >= 15 is 0 Å². The molecule has 0 fully saturated rings. The number of aromatic nitrogens is 2. The maximum absolute atomic E-state index is 12.6. The molecule has 1 aromatic carbocycles. The van der Waals surface area contributed by atoms with Gasteiger partial charge in [-0.3, -0.25) is 14.4 Å². The van der Waals surface area contributed by atoms with Crippen LogP contribution in [0.15, 0.2) is 28.6 Å². The van der Waals surface area contributed by atoms with Crippen molar-refractivity contribution in [3.8, 4) is 5.75 Å². The van der Waals surface area contributed by atoms with E-state index < -0.39 is 22.0 Å². The average Bonchev–Trinajstić information content (AvgIpc) is 2.99. The van der Waals surface area contributed by atoms with Crippen LogP contribution in [0.1, 0.15) is 20.8 Å². The van der Waals surface area contributed by atoms with Crippen LogP contribution in [0.5, 0.6) is 5.75 Å². The number of rotatable bonds is 8. The van der Waals surface area contributed by atoms with E-state index in [0.717, 1.165) is 14.9 Å². The van der Waals surface area contributed by atoms with Gasteiger partial charge in [-0.15, -0.1) is 10.2 Å². The van der Waals surface area contributed by atoms with E-state index in [1.54, 1.807) is 24.3 Å². The first-order valence-electron chi connectivity index (χ1n) is 8.06. The molecule has 1 aromatic heterocycles. The summed E-state index contributed by atoms with van der Waals surface area (Å²) < 4.78 is 31.6. The topological polar surface area (TPSA) is 101 Å². The second-order valence-electron chi connectivity index (χ2n) is 5.97. The maximum atomic E-state index is 12.6. The smallest absolute Gasteiger partial charge is 0.249 e. The van der Waals surface area contributed by atoms with Gasteiger partial charge in [-0.05, 0) is 19.1 Å². The molecule has 0 spiro atoms. The van der Waals surface area contributed by atoms with Gasteiger partial charge in [0.1, 0.15) is 11.8 Å². The number of nitrogens with zero attached hydrogens (tertiary/aromatic N) is 3. The van der Waals surface area contributed by atoms with Crippen molar-refractivity contribution in [3.63, 3.8) is 0 Å². The SMILES string of the molecule is COc1cccc(N([C@H](C)C(=O)Nc2nnc(SC(C)C)s2)S(C)(=O)=O)c1. The number of anilines is 2. The summed E-state index contributed by atoms with van der Waals surface area (Å²) in [6, 6.07) is 5.54. The van der Waals surface area contributed by atoms with Crippen molar-refractivity contribution in [2.24, 2.45) is 0 Å². The Morgan fingerprint density at radius 3 is 2.59 bits per heavy atom. The Balaban J connectivity index is 2.23. The van der Waals surface area contributed by atoms with E-state index in [-0.39, 0.29) is 0 Å². The van der Waals surface area contributed by atoms with Gasteiger partial charge in [-0.1, -0.05) is 43.0 Å². The Hall–Kier alpha value is -1.85. The molecule has 1 heterocycles. The van der Waals surface area contributed by atoms with E-state index in [4.69, 9.17) is 4.74 Å². The van der Waals surface area contributed by atoms with Crippen molar-refractivity contribution < 1.29 is 17.9 Å². The molecule has 27 heavy (non-hydrogen) atoms. The van der Waals surface area contributed by atoms with Crippen LogP contribution in [-0.4, -0.2) is 49.2 Å². The number of methoxy groups -OCH3 is 1. The summed E-state index contributed by atoms with van der Waals surface area (Å²) in [6.07, 6.45) is 1.05. The van der Waals surface area contributed by atoms with Gasteiger partial charge in [0.05, 0.1) is 19.1 Å². The molecular formula is C16H22N4O4S3. The van der Waals surface area contributed by atoms with Crippen LogP contribution in [-0.2, 0) is 14.8 Å². The lowest BCUT2D eigenvalue weighted by molar-refractivity contribution is -0.116. The van der Waals surface area contributed by atoms with E-state index in [1.807, 2.05) is 13.8 Å². The highest BCUT2D eigenvalue weighted by Gasteiger charge is 2.30. The molecule has 8 nitrogen and oxygen atoms in total. The maximum Gasteiger partial charge on any atom is 0.249 e. The van der Waals surface area contributed by atoms with E-state index in [2.05, 4.69) is 15.5 Å². The van der Waals surface area contributed by atoms with Crippen LogP contribution >= 0.6 is 23.1 Å². The molecule has 0 bridgehead atoms. The molecule has 0 unspecified atom stereocenters. The zero-order valence-electron chi connectivity index (χ0n) is 15.7. The molecule has 1 N–H and O–H groups in total. The normalized spacial score (nSPS) is 12.7. The number of benzene rings is 1. The van der Waals surface area contributed by atoms with Crippen LogP contribution in [0.4, 0.5) is 10.8 Å². The number of hydrogen-bond donors (Lipinski definition) is 1. The number of carbonyl (C=O) groups excluding carboxylic acids is 1. The van der Waals surface area contributed by atoms with E-state index in [9.17, 15) is 13.2 Å². The Morgan fingerprint density at radius 2 is 2.00 bits per heavy atom. The highest BCUT2D eigenvalue weighted by Crippen LogP contribution is 2.29. The fraction of sp³-hybridized carbons (Fsp3) is 0.438. The Morgan fingerprint density at radius 1 is 1.30 bits per heavy atom. The van der Waals surface area contributed by atoms with Crippen LogP contribution in [0.25, 0.3) is 0 Å². The zero-order valence-corrected chi connectivity index (χ0v) is 18.1. The molecule has 0 saturated heterocycles. The molecule has 0 aliphatic rings. The molecule has 11 heteroatoms. The summed E-state index contributed by atoms with van der Waals surface area (Å²) in [6.45, 7) is 5.58. The quantitative estimate of drug-likeness (QED) is 0.507. The lowest BCUT2D eigenvalue weighted by Crippen LogP contribution is -2.45. The van der Waals surface area contributed by atoms with E-state index in [0.29, 0.717) is 21.8 Å². The number of ether oxygens (including phenoxy) is 1. The standard InChI is InChI=1S/C16H22N4O4S3/c1-10(2)25-16-19-18-15(26-16)17-14(21)11(3)20(27(5,22)23)12-7-6-8-13(9-12)24-4/h6-11H,1-5H3,(H,17,18,21)/t11-/m1/s1. The highest BCUT2D eigenvalue weighted by molar-refractivity contribution is 8.01. The number of amides is 1. The molecule has 1 atom stereocenters. The summed E-state index contributed by atoms with van der Waals surface area (Å²) in [5.74, 6) is -0.00581. The molecule has 0 aliphatic heterocycles. The van der Waals surface area contributed by atoms with Gasteiger partial charge in [-0.25, -0.2) is 8.42 Å². The first-order chi connectivity index (χ1) is 12.6. The minimum atomic E-state index is -3.71. The Bertz CT molecular complexity index is 899. The Kier molecular flexibility index (Phi) is 7.06.